The highest BCUT2D eigenvalue weighted by molar-refractivity contribution is 5.80. The molecule has 22 heavy (non-hydrogen) atoms. The van der Waals surface area contributed by atoms with E-state index in [1.165, 1.54) is 5.56 Å². The van der Waals surface area contributed by atoms with Crippen LogP contribution in [-0.2, 0) is 11.2 Å². The van der Waals surface area contributed by atoms with Crippen LogP contribution in [-0.4, -0.2) is 18.6 Å². The number of hydrogen-bond donors (Lipinski definition) is 1. The number of nitrogens with one attached hydrogen (secondary N) is 1. The molecule has 3 nitrogen and oxygen atoms in total. The van der Waals surface area contributed by atoms with E-state index in [1.807, 2.05) is 50.2 Å². The van der Waals surface area contributed by atoms with Gasteiger partial charge in [-0.1, -0.05) is 42.5 Å². The zero-order valence-electron chi connectivity index (χ0n) is 13.4. The molecule has 0 saturated heterocycles. The van der Waals surface area contributed by atoms with Crippen LogP contribution in [0.1, 0.15) is 23.6 Å². The summed E-state index contributed by atoms with van der Waals surface area (Å²) in [5.41, 5.74) is 3.37. The minimum atomic E-state index is -0.503. The normalized spacial score (nSPS) is 11.8. The molecule has 0 radical (unpaired) electrons. The molecule has 2 aromatic rings. The lowest BCUT2D eigenvalue weighted by atomic mass is 10.1. The topological polar surface area (TPSA) is 38.3 Å². The van der Waals surface area contributed by atoms with Crippen molar-refractivity contribution in [2.75, 3.05) is 6.54 Å². The van der Waals surface area contributed by atoms with Gasteiger partial charge in [0.15, 0.2) is 6.10 Å². The highest BCUT2D eigenvalue weighted by atomic mass is 16.5. The summed E-state index contributed by atoms with van der Waals surface area (Å²) in [5.74, 6) is 0.683. The zero-order chi connectivity index (χ0) is 15.9. The average molecular weight is 297 g/mol. The Morgan fingerprint density at radius 1 is 1.14 bits per heavy atom. The molecule has 116 valence electrons. The molecule has 1 atom stereocenters. The van der Waals surface area contributed by atoms with Crippen LogP contribution in [0.4, 0.5) is 0 Å². The molecule has 2 rings (SSSR count). The lowest BCUT2D eigenvalue weighted by Crippen LogP contribution is -2.37. The van der Waals surface area contributed by atoms with Gasteiger partial charge in [-0.15, -0.1) is 0 Å². The van der Waals surface area contributed by atoms with Gasteiger partial charge in [-0.2, -0.15) is 0 Å². The van der Waals surface area contributed by atoms with E-state index in [9.17, 15) is 4.79 Å². The first-order valence-electron chi connectivity index (χ1n) is 7.62. The second-order valence-corrected chi connectivity index (χ2v) is 5.56. The Balaban J connectivity index is 1.83. The third kappa shape index (κ3) is 4.62. The van der Waals surface area contributed by atoms with Crippen molar-refractivity contribution in [1.82, 2.24) is 5.32 Å². The second kappa shape index (κ2) is 7.64. The number of carbonyl (C=O) groups is 1. The van der Waals surface area contributed by atoms with Crippen molar-refractivity contribution in [1.29, 1.82) is 0 Å². The molecule has 0 heterocycles. The number of carbonyl (C=O) groups excluding carboxylic acids is 1. The largest absolute Gasteiger partial charge is 0.481 e. The number of benzene rings is 2. The molecule has 0 unspecified atom stereocenters. The highest BCUT2D eigenvalue weighted by Crippen LogP contribution is 2.20. The fraction of sp³-hybridized carbons (Fsp3) is 0.316. The van der Waals surface area contributed by atoms with Gasteiger partial charge < -0.3 is 10.1 Å². The first kappa shape index (κ1) is 16.1. The Hall–Kier alpha value is -2.29. The Morgan fingerprint density at radius 3 is 2.59 bits per heavy atom. The predicted molar refractivity (Wildman–Crippen MR) is 89.2 cm³/mol. The van der Waals surface area contributed by atoms with Gasteiger partial charge in [-0.3, -0.25) is 4.79 Å². The molecule has 3 heteroatoms. The number of rotatable bonds is 6. The summed E-state index contributed by atoms with van der Waals surface area (Å²) in [6.45, 7) is 6.38. The molecule has 1 N–H and O–H groups in total. The molecular formula is C19H23NO2. The summed E-state index contributed by atoms with van der Waals surface area (Å²) in [7, 11) is 0. The molecule has 0 saturated carbocycles. The van der Waals surface area contributed by atoms with Gasteiger partial charge in [-0.05, 0) is 49.9 Å². The molecule has 0 fully saturated rings. The Labute approximate surface area is 132 Å². The van der Waals surface area contributed by atoms with Crippen LogP contribution in [0.15, 0.2) is 48.5 Å². The maximum Gasteiger partial charge on any atom is 0.260 e. The quantitative estimate of drug-likeness (QED) is 0.887. The maximum absolute atomic E-state index is 12.1. The lowest BCUT2D eigenvalue weighted by molar-refractivity contribution is -0.127. The lowest BCUT2D eigenvalue weighted by Gasteiger charge is -2.16. The minimum absolute atomic E-state index is 0.0863. The van der Waals surface area contributed by atoms with Gasteiger partial charge in [0.05, 0.1) is 0 Å². The highest BCUT2D eigenvalue weighted by Gasteiger charge is 2.15. The summed E-state index contributed by atoms with van der Waals surface area (Å²) >= 11 is 0. The van der Waals surface area contributed by atoms with Crippen LogP contribution < -0.4 is 10.1 Å². The first-order chi connectivity index (χ1) is 10.6. The van der Waals surface area contributed by atoms with Crippen LogP contribution >= 0.6 is 0 Å². The zero-order valence-corrected chi connectivity index (χ0v) is 13.4. The number of aryl methyl sites for hydroxylation is 2. The summed E-state index contributed by atoms with van der Waals surface area (Å²) in [5, 5.41) is 2.92. The van der Waals surface area contributed by atoms with Crippen LogP contribution in [0.2, 0.25) is 0 Å². The van der Waals surface area contributed by atoms with E-state index in [2.05, 4.69) is 17.4 Å². The fourth-order valence-corrected chi connectivity index (χ4v) is 2.20. The van der Waals surface area contributed by atoms with Gasteiger partial charge in [0.2, 0.25) is 0 Å². The first-order valence-corrected chi connectivity index (χ1v) is 7.62. The van der Waals surface area contributed by atoms with E-state index in [1.54, 1.807) is 6.92 Å². The predicted octanol–water partition coefficient (Wildman–Crippen LogP) is 3.43. The van der Waals surface area contributed by atoms with E-state index < -0.39 is 6.10 Å². The summed E-state index contributed by atoms with van der Waals surface area (Å²) < 4.78 is 5.78. The average Bonchev–Trinajstić information content (AvgIpc) is 2.52. The van der Waals surface area contributed by atoms with Gasteiger partial charge in [0, 0.05) is 6.54 Å². The van der Waals surface area contributed by atoms with E-state index in [0.29, 0.717) is 6.54 Å². The van der Waals surface area contributed by atoms with Crippen LogP contribution in [0, 0.1) is 13.8 Å². The van der Waals surface area contributed by atoms with E-state index >= 15 is 0 Å². The van der Waals surface area contributed by atoms with E-state index in [4.69, 9.17) is 4.74 Å². The molecule has 0 aromatic heterocycles. The minimum Gasteiger partial charge on any atom is -0.481 e. The van der Waals surface area contributed by atoms with Crippen molar-refractivity contribution in [2.45, 2.75) is 33.3 Å². The van der Waals surface area contributed by atoms with Gasteiger partial charge in [0.25, 0.3) is 5.91 Å². The SMILES string of the molecule is Cc1ccc(C)c(O[C@@H](C)C(=O)NCCc2ccccc2)c1. The van der Waals surface area contributed by atoms with E-state index in [-0.39, 0.29) is 5.91 Å². The molecule has 0 aliphatic heterocycles. The molecule has 0 aliphatic rings. The maximum atomic E-state index is 12.1. The summed E-state index contributed by atoms with van der Waals surface area (Å²) in [6, 6.07) is 16.1. The van der Waals surface area contributed by atoms with Crippen molar-refractivity contribution in [2.24, 2.45) is 0 Å². The number of ether oxygens (including phenoxy) is 1. The second-order valence-electron chi connectivity index (χ2n) is 5.56. The summed E-state index contributed by atoms with van der Waals surface area (Å²) in [6.07, 6.45) is 0.319. The third-order valence-electron chi connectivity index (χ3n) is 3.57. The van der Waals surface area contributed by atoms with Crippen LogP contribution in [0.5, 0.6) is 5.75 Å². The van der Waals surface area contributed by atoms with Crippen molar-refractivity contribution < 1.29 is 9.53 Å². The Morgan fingerprint density at radius 2 is 1.86 bits per heavy atom. The van der Waals surface area contributed by atoms with E-state index in [0.717, 1.165) is 23.3 Å². The smallest absolute Gasteiger partial charge is 0.260 e. The fourth-order valence-electron chi connectivity index (χ4n) is 2.20. The van der Waals surface area contributed by atoms with Crippen molar-refractivity contribution >= 4 is 5.91 Å². The molecule has 1 amide bonds. The Kier molecular flexibility index (Phi) is 5.59. The summed E-state index contributed by atoms with van der Waals surface area (Å²) in [4.78, 5) is 12.1. The molecule has 0 bridgehead atoms. The van der Waals surface area contributed by atoms with Crippen LogP contribution in [0.3, 0.4) is 0 Å². The standard InChI is InChI=1S/C19H23NO2/c1-14-9-10-15(2)18(13-14)22-16(3)19(21)20-12-11-17-7-5-4-6-8-17/h4-10,13,16H,11-12H2,1-3H3,(H,20,21)/t16-/m0/s1. The van der Waals surface area contributed by atoms with Crippen molar-refractivity contribution in [3.63, 3.8) is 0 Å². The molecule has 0 aliphatic carbocycles. The molecule has 2 aromatic carbocycles. The monoisotopic (exact) mass is 297 g/mol. The number of amides is 1. The van der Waals surface area contributed by atoms with Gasteiger partial charge in [-0.25, -0.2) is 0 Å². The van der Waals surface area contributed by atoms with Gasteiger partial charge in [0.1, 0.15) is 5.75 Å². The van der Waals surface area contributed by atoms with Crippen molar-refractivity contribution in [3.05, 3.63) is 65.2 Å². The van der Waals surface area contributed by atoms with Crippen molar-refractivity contribution in [3.8, 4) is 5.75 Å². The van der Waals surface area contributed by atoms with Crippen LogP contribution in [0.25, 0.3) is 0 Å². The Bertz CT molecular complexity index is 623. The number of hydrogen-bond acceptors (Lipinski definition) is 2. The van der Waals surface area contributed by atoms with Gasteiger partial charge >= 0.3 is 0 Å². The molecular weight excluding hydrogens is 274 g/mol. The third-order valence-corrected chi connectivity index (χ3v) is 3.57. The molecule has 0 spiro atoms.